The lowest BCUT2D eigenvalue weighted by molar-refractivity contribution is 0.0945. The van der Waals surface area contributed by atoms with Gasteiger partial charge >= 0.3 is 0 Å². The molecule has 0 fully saturated rings. The third-order valence-electron chi connectivity index (χ3n) is 6.06. The van der Waals surface area contributed by atoms with Crippen molar-refractivity contribution >= 4 is 30.9 Å². The van der Waals surface area contributed by atoms with Gasteiger partial charge in [0, 0.05) is 30.2 Å². The highest BCUT2D eigenvalue weighted by atomic mass is 28.4. The third-order valence-corrected chi connectivity index (χ3v) is 9.55. The number of carbonyl (C=O) groups excluding carboxylic acids is 1. The number of anilines is 1. The maximum absolute atomic E-state index is 13.3. The maximum Gasteiger partial charge on any atom is 0.270 e. The average Bonchev–Trinajstić information content (AvgIpc) is 2.74. The molecule has 6 nitrogen and oxygen atoms in total. The van der Waals surface area contributed by atoms with Crippen LogP contribution in [0.4, 0.5) is 10.2 Å². The normalized spacial score (nSPS) is 12.1. The van der Waals surface area contributed by atoms with Crippen LogP contribution in [0.2, 0.25) is 18.1 Å². The number of halogens is 1. The van der Waals surface area contributed by atoms with Crippen LogP contribution in [0.1, 0.15) is 42.4 Å². The molecule has 3 rings (SSSR count). The van der Waals surface area contributed by atoms with E-state index in [4.69, 9.17) is 4.98 Å². The Kier molecular flexibility index (Phi) is 6.95. The van der Waals surface area contributed by atoms with Gasteiger partial charge in [-0.3, -0.25) is 9.78 Å². The van der Waals surface area contributed by atoms with E-state index in [0.29, 0.717) is 30.0 Å². The van der Waals surface area contributed by atoms with Crippen LogP contribution in [0, 0.1) is 5.82 Å². The van der Waals surface area contributed by atoms with E-state index in [9.17, 15) is 14.0 Å². The lowest BCUT2D eigenvalue weighted by Crippen LogP contribution is -2.41. The minimum atomic E-state index is -2.56. The Hall–Kier alpha value is -2.84. The highest BCUT2D eigenvalue weighted by molar-refractivity contribution is 6.72. The first-order valence-electron chi connectivity index (χ1n) is 10.8. The molecule has 0 bridgehead atoms. The van der Waals surface area contributed by atoms with Crippen LogP contribution in [0.3, 0.4) is 0 Å². The van der Waals surface area contributed by atoms with Crippen molar-refractivity contribution in [3.63, 3.8) is 0 Å². The number of pyridine rings is 2. The van der Waals surface area contributed by atoms with Crippen LogP contribution in [0.25, 0.3) is 10.9 Å². The molecule has 0 unspecified atom stereocenters. The average molecular weight is 455 g/mol. The molecular weight excluding hydrogens is 423 g/mol. The minimum Gasteiger partial charge on any atom is -0.432 e. The Labute approximate surface area is 189 Å². The van der Waals surface area contributed by atoms with E-state index in [2.05, 4.69) is 15.6 Å². The van der Waals surface area contributed by atoms with Gasteiger partial charge < -0.3 is 15.4 Å². The monoisotopic (exact) mass is 454 g/mol. The number of hydrogen-bond donors (Lipinski definition) is 3. The number of rotatable bonds is 8. The van der Waals surface area contributed by atoms with Gasteiger partial charge in [-0.05, 0) is 61.3 Å². The first-order valence-corrected chi connectivity index (χ1v) is 13.7. The SMILES string of the molecule is CCNc1nc(C(=O)NCc2ccc(F)cc2)c(CC(C)(C)[Si](C)(C)O)c2ncccc12. The summed E-state index contributed by atoms with van der Waals surface area (Å²) in [6, 6.07) is 9.79. The van der Waals surface area contributed by atoms with E-state index in [1.165, 1.54) is 12.1 Å². The Balaban J connectivity index is 2.07. The highest BCUT2D eigenvalue weighted by Gasteiger charge is 2.39. The Bertz CT molecular complexity index is 1110. The van der Waals surface area contributed by atoms with Crippen molar-refractivity contribution in [2.45, 2.75) is 51.9 Å². The summed E-state index contributed by atoms with van der Waals surface area (Å²) in [5.74, 6) is -0.0493. The summed E-state index contributed by atoms with van der Waals surface area (Å²) < 4.78 is 13.2. The zero-order valence-corrected chi connectivity index (χ0v) is 20.3. The Morgan fingerprint density at radius 3 is 2.50 bits per heavy atom. The fraction of sp³-hybridized carbons (Fsp3) is 0.375. The summed E-state index contributed by atoms with van der Waals surface area (Å²) in [5, 5.41) is 6.56. The predicted molar refractivity (Wildman–Crippen MR) is 129 cm³/mol. The molecule has 3 aromatic rings. The van der Waals surface area contributed by atoms with Gasteiger partial charge in [0.25, 0.3) is 5.91 Å². The molecule has 0 aliphatic rings. The van der Waals surface area contributed by atoms with E-state index in [1.807, 2.05) is 46.0 Å². The second-order valence-electron chi connectivity index (χ2n) is 9.15. The van der Waals surface area contributed by atoms with Gasteiger partial charge in [0.1, 0.15) is 17.3 Å². The first kappa shape index (κ1) is 23.8. The lowest BCUT2D eigenvalue weighted by atomic mass is 9.97. The molecule has 1 aromatic carbocycles. The number of aromatic nitrogens is 2. The van der Waals surface area contributed by atoms with Crippen LogP contribution in [0.15, 0.2) is 42.6 Å². The van der Waals surface area contributed by atoms with E-state index in [-0.39, 0.29) is 18.3 Å². The molecule has 0 aliphatic carbocycles. The molecule has 0 spiro atoms. The zero-order valence-electron chi connectivity index (χ0n) is 19.3. The summed E-state index contributed by atoms with van der Waals surface area (Å²) in [5.41, 5.74) is 2.51. The summed E-state index contributed by atoms with van der Waals surface area (Å²) in [7, 11) is -2.56. The quantitative estimate of drug-likeness (QED) is 0.431. The largest absolute Gasteiger partial charge is 0.432 e. The Morgan fingerprint density at radius 2 is 1.88 bits per heavy atom. The molecule has 0 aliphatic heterocycles. The summed E-state index contributed by atoms with van der Waals surface area (Å²) in [4.78, 5) is 33.5. The fourth-order valence-electron chi connectivity index (χ4n) is 3.37. The van der Waals surface area contributed by atoms with Crippen LogP contribution >= 0.6 is 0 Å². The van der Waals surface area contributed by atoms with Crippen molar-refractivity contribution in [1.29, 1.82) is 0 Å². The van der Waals surface area contributed by atoms with Crippen molar-refractivity contribution in [1.82, 2.24) is 15.3 Å². The molecule has 0 atom stereocenters. The smallest absolute Gasteiger partial charge is 0.270 e. The number of nitrogens with one attached hydrogen (secondary N) is 2. The van der Waals surface area contributed by atoms with Crippen molar-refractivity contribution < 1.29 is 14.0 Å². The van der Waals surface area contributed by atoms with Crippen molar-refractivity contribution in [3.8, 4) is 0 Å². The molecule has 32 heavy (non-hydrogen) atoms. The third kappa shape index (κ3) is 5.13. The summed E-state index contributed by atoms with van der Waals surface area (Å²) >= 11 is 0. The second-order valence-corrected chi connectivity index (χ2v) is 13.6. The molecule has 0 saturated carbocycles. The zero-order chi connectivity index (χ0) is 23.5. The maximum atomic E-state index is 13.3. The van der Waals surface area contributed by atoms with Crippen molar-refractivity contribution in [3.05, 3.63) is 65.2 Å². The number of fused-ring (bicyclic) bond motifs is 1. The van der Waals surface area contributed by atoms with E-state index in [1.54, 1.807) is 18.3 Å². The van der Waals surface area contributed by atoms with Crippen LogP contribution < -0.4 is 10.6 Å². The second kappa shape index (κ2) is 9.34. The van der Waals surface area contributed by atoms with Gasteiger partial charge in [0.05, 0.1) is 5.52 Å². The van der Waals surface area contributed by atoms with Gasteiger partial charge in [0.15, 0.2) is 8.32 Å². The molecule has 2 heterocycles. The summed E-state index contributed by atoms with van der Waals surface area (Å²) in [6.45, 7) is 10.7. The van der Waals surface area contributed by atoms with Gasteiger partial charge in [-0.1, -0.05) is 26.0 Å². The number of hydrogen-bond acceptors (Lipinski definition) is 5. The number of carbonyl (C=O) groups is 1. The molecule has 170 valence electrons. The number of nitrogens with zero attached hydrogens (tertiary/aromatic N) is 2. The molecule has 1 amide bonds. The van der Waals surface area contributed by atoms with Gasteiger partial charge in [-0.25, -0.2) is 9.37 Å². The molecule has 2 aromatic heterocycles. The Morgan fingerprint density at radius 1 is 1.19 bits per heavy atom. The van der Waals surface area contributed by atoms with E-state index in [0.717, 1.165) is 16.5 Å². The molecular formula is C24H31FN4O2Si. The molecule has 8 heteroatoms. The number of amides is 1. The predicted octanol–water partition coefficient (Wildman–Crippen LogP) is 4.65. The minimum absolute atomic E-state index is 0.251. The highest BCUT2D eigenvalue weighted by Crippen LogP contribution is 2.41. The van der Waals surface area contributed by atoms with E-state index >= 15 is 0 Å². The van der Waals surface area contributed by atoms with Crippen molar-refractivity contribution in [2.75, 3.05) is 11.9 Å². The number of benzene rings is 1. The van der Waals surface area contributed by atoms with Gasteiger partial charge in [0.2, 0.25) is 0 Å². The fourth-order valence-corrected chi connectivity index (χ4v) is 3.98. The molecule has 0 radical (unpaired) electrons. The standard InChI is InChI=1S/C24H31FN4O2Si/c1-6-26-22-18-8-7-13-27-20(18)19(14-24(2,3)32(4,5)31)21(29-22)23(30)28-15-16-9-11-17(25)12-10-16/h7-13,31H,6,14-15H2,1-5H3,(H,26,29)(H,28,30). The van der Waals surface area contributed by atoms with Gasteiger partial charge in [-0.15, -0.1) is 0 Å². The van der Waals surface area contributed by atoms with Gasteiger partial charge in [-0.2, -0.15) is 0 Å². The molecule has 3 N–H and O–H groups in total. The lowest BCUT2D eigenvalue weighted by Gasteiger charge is -2.35. The van der Waals surface area contributed by atoms with Crippen molar-refractivity contribution in [2.24, 2.45) is 0 Å². The topological polar surface area (TPSA) is 87.1 Å². The molecule has 0 saturated heterocycles. The van der Waals surface area contributed by atoms with Crippen LogP contribution in [-0.2, 0) is 13.0 Å². The van der Waals surface area contributed by atoms with Crippen LogP contribution in [0.5, 0.6) is 0 Å². The summed E-state index contributed by atoms with van der Waals surface area (Å²) in [6.07, 6.45) is 2.17. The van der Waals surface area contributed by atoms with Crippen LogP contribution in [-0.4, -0.2) is 35.5 Å². The first-order chi connectivity index (χ1) is 15.0. The van der Waals surface area contributed by atoms with E-state index < -0.39 is 13.4 Å².